The van der Waals surface area contributed by atoms with Crippen LogP contribution in [0, 0.1) is 23.7 Å². The highest BCUT2D eigenvalue weighted by Gasteiger charge is 2.48. The number of hydrogen-bond donors (Lipinski definition) is 4. The third-order valence-electron chi connectivity index (χ3n) is 11.9. The molecule has 14 heteroatoms. The predicted octanol–water partition coefficient (Wildman–Crippen LogP) is 5.10. The topological polar surface area (TPSA) is 154 Å². The molecule has 3 heterocycles. The number of sulfonamides is 1. The lowest BCUT2D eigenvalue weighted by Crippen LogP contribution is -2.52. The standard InChI is InChI=1S/C40H57N5O7S2/c1-26(2)21-45(22-36(47)35(18-27-8-4-3-5-9-27)43-40(48)52-38-28(23-46)19-29-24-51-25-33(29)38)54(49,50)32-12-13-34-37(20-32)53-39(42-34)41-30-14-16-44(17-15-30)31-10-6-7-11-31/h3-5,8-9,12-13,20,26,28-31,33,35-36,38,46-47H,6-7,10-11,14-19,21-25H2,1-2H3,(H,41,42)(H,43,48)/t28?,29?,33?,35-,36+,38?/m0/s1. The van der Waals surface area contributed by atoms with E-state index in [1.165, 1.54) is 41.3 Å². The van der Waals surface area contributed by atoms with Gasteiger partial charge in [0.15, 0.2) is 5.13 Å². The molecule has 1 aromatic heterocycles. The van der Waals surface area contributed by atoms with Crippen LogP contribution in [0.3, 0.4) is 0 Å². The molecule has 2 saturated heterocycles. The normalized spacial score (nSPS) is 25.4. The van der Waals surface area contributed by atoms with Crippen molar-refractivity contribution < 1.29 is 32.9 Å². The van der Waals surface area contributed by atoms with Gasteiger partial charge in [0.25, 0.3) is 0 Å². The molecule has 0 radical (unpaired) electrons. The van der Waals surface area contributed by atoms with Crippen LogP contribution in [0.2, 0.25) is 0 Å². The first-order chi connectivity index (χ1) is 26.1. The first-order valence-corrected chi connectivity index (χ1v) is 22.1. The van der Waals surface area contributed by atoms with Gasteiger partial charge in [-0.25, -0.2) is 18.2 Å². The van der Waals surface area contributed by atoms with Crippen molar-refractivity contribution in [2.75, 3.05) is 51.3 Å². The Labute approximate surface area is 323 Å². The monoisotopic (exact) mass is 783 g/mol. The molecule has 2 saturated carbocycles. The summed E-state index contributed by atoms with van der Waals surface area (Å²) in [5.41, 5.74) is 1.62. The van der Waals surface area contributed by atoms with Crippen LogP contribution in [0.5, 0.6) is 0 Å². The molecule has 4 N–H and O–H groups in total. The van der Waals surface area contributed by atoms with E-state index in [9.17, 15) is 23.4 Å². The predicted molar refractivity (Wildman–Crippen MR) is 210 cm³/mol. The number of amides is 1. The fraction of sp³-hybridized carbons (Fsp3) is 0.650. The molecule has 6 atom stereocenters. The van der Waals surface area contributed by atoms with Crippen molar-refractivity contribution in [1.82, 2.24) is 19.5 Å². The van der Waals surface area contributed by atoms with Crippen LogP contribution in [0.1, 0.15) is 64.4 Å². The van der Waals surface area contributed by atoms with Crippen molar-refractivity contribution in [1.29, 1.82) is 0 Å². The number of nitrogens with one attached hydrogen (secondary N) is 2. The van der Waals surface area contributed by atoms with Gasteiger partial charge in [0.05, 0.1) is 33.9 Å². The van der Waals surface area contributed by atoms with Gasteiger partial charge in [-0.15, -0.1) is 0 Å². The third-order valence-corrected chi connectivity index (χ3v) is 14.7. The molecule has 4 fully saturated rings. The molecule has 1 amide bonds. The van der Waals surface area contributed by atoms with E-state index >= 15 is 0 Å². The molecule has 7 rings (SSSR count). The van der Waals surface area contributed by atoms with Crippen LogP contribution in [-0.4, -0.2) is 115 Å². The lowest BCUT2D eigenvalue weighted by molar-refractivity contribution is 0.0146. The van der Waals surface area contributed by atoms with E-state index in [1.54, 1.807) is 18.2 Å². The van der Waals surface area contributed by atoms with Gasteiger partial charge in [-0.05, 0) is 74.1 Å². The summed E-state index contributed by atoms with van der Waals surface area (Å²) in [6.45, 7) is 6.99. The number of benzene rings is 2. The number of rotatable bonds is 15. The molecule has 0 spiro atoms. The number of carbonyl (C=O) groups is 1. The number of anilines is 1. The van der Waals surface area contributed by atoms with E-state index in [4.69, 9.17) is 14.5 Å². The van der Waals surface area contributed by atoms with Gasteiger partial charge in [-0.2, -0.15) is 4.31 Å². The molecule has 296 valence electrons. The van der Waals surface area contributed by atoms with Gasteiger partial charge >= 0.3 is 6.09 Å². The van der Waals surface area contributed by atoms with Gasteiger partial charge in [0.2, 0.25) is 10.0 Å². The van der Waals surface area contributed by atoms with Gasteiger partial charge in [-0.3, -0.25) is 0 Å². The third kappa shape index (κ3) is 9.22. The number of piperidine rings is 1. The summed E-state index contributed by atoms with van der Waals surface area (Å²) < 4.78 is 42.4. The van der Waals surface area contributed by atoms with Crippen LogP contribution in [0.25, 0.3) is 10.2 Å². The number of alkyl carbamates (subject to hydrolysis) is 1. The molecule has 2 aliphatic heterocycles. The summed E-state index contributed by atoms with van der Waals surface area (Å²) in [6, 6.07) is 14.7. The second-order valence-corrected chi connectivity index (χ2v) is 19.2. The molecule has 4 aliphatic rings. The summed E-state index contributed by atoms with van der Waals surface area (Å²) >= 11 is 1.47. The summed E-state index contributed by atoms with van der Waals surface area (Å²) in [5.74, 6) is 0.0389. The van der Waals surface area contributed by atoms with E-state index in [0.29, 0.717) is 19.3 Å². The Bertz CT molecular complexity index is 1800. The molecular weight excluding hydrogens is 727 g/mol. The zero-order chi connectivity index (χ0) is 37.8. The number of aromatic nitrogens is 1. The molecule has 3 aromatic rings. The van der Waals surface area contributed by atoms with E-state index in [0.717, 1.165) is 59.3 Å². The quantitative estimate of drug-likeness (QED) is 0.164. The number of hydrogen-bond acceptors (Lipinski definition) is 11. The smallest absolute Gasteiger partial charge is 0.407 e. The largest absolute Gasteiger partial charge is 0.445 e. The maximum Gasteiger partial charge on any atom is 0.407 e. The number of likely N-dealkylation sites (tertiary alicyclic amines) is 1. The Kier molecular flexibility index (Phi) is 12.8. The van der Waals surface area contributed by atoms with Crippen LogP contribution in [0.4, 0.5) is 9.93 Å². The maximum absolute atomic E-state index is 14.3. The second-order valence-electron chi connectivity index (χ2n) is 16.3. The summed E-state index contributed by atoms with van der Waals surface area (Å²) in [6.07, 6.45) is 5.98. The lowest BCUT2D eigenvalue weighted by Gasteiger charge is -2.36. The van der Waals surface area contributed by atoms with Gasteiger partial charge < -0.3 is 35.2 Å². The number of fused-ring (bicyclic) bond motifs is 2. The Morgan fingerprint density at radius 3 is 2.56 bits per heavy atom. The van der Waals surface area contributed by atoms with E-state index in [2.05, 4.69) is 15.5 Å². The van der Waals surface area contributed by atoms with Crippen molar-refractivity contribution in [2.24, 2.45) is 23.7 Å². The fourth-order valence-electron chi connectivity index (χ4n) is 9.06. The first-order valence-electron chi connectivity index (χ1n) is 19.9. The number of thiazole rings is 1. The highest BCUT2D eigenvalue weighted by molar-refractivity contribution is 7.89. The molecular formula is C40H57N5O7S2. The molecule has 54 heavy (non-hydrogen) atoms. The van der Waals surface area contributed by atoms with Crippen LogP contribution >= 0.6 is 11.3 Å². The Balaban J connectivity index is 1.04. The highest BCUT2D eigenvalue weighted by Crippen LogP contribution is 2.42. The van der Waals surface area contributed by atoms with E-state index in [-0.39, 0.29) is 54.7 Å². The number of aliphatic hydroxyl groups is 2. The number of ether oxygens (including phenoxy) is 2. The van der Waals surface area contributed by atoms with Crippen molar-refractivity contribution in [3.63, 3.8) is 0 Å². The zero-order valence-electron chi connectivity index (χ0n) is 31.5. The van der Waals surface area contributed by atoms with Crippen LogP contribution in [0.15, 0.2) is 53.4 Å². The molecule has 2 aromatic carbocycles. The average molecular weight is 784 g/mol. The first kappa shape index (κ1) is 39.4. The fourth-order valence-corrected chi connectivity index (χ4v) is 11.8. The van der Waals surface area contributed by atoms with Crippen molar-refractivity contribution in [3.8, 4) is 0 Å². The van der Waals surface area contributed by atoms with E-state index in [1.807, 2.05) is 44.2 Å². The summed E-state index contributed by atoms with van der Waals surface area (Å²) in [4.78, 5) is 21.0. The minimum atomic E-state index is -4.05. The maximum atomic E-state index is 14.3. The lowest BCUT2D eigenvalue weighted by atomic mass is 9.99. The Hall–Kier alpha value is -2.85. The minimum Gasteiger partial charge on any atom is -0.445 e. The van der Waals surface area contributed by atoms with Gasteiger partial charge in [0.1, 0.15) is 6.10 Å². The molecule has 2 aliphatic carbocycles. The van der Waals surface area contributed by atoms with Crippen molar-refractivity contribution in [2.45, 2.75) is 100 Å². The molecule has 12 nitrogen and oxygen atoms in total. The Morgan fingerprint density at radius 2 is 1.83 bits per heavy atom. The summed E-state index contributed by atoms with van der Waals surface area (Å²) in [7, 11) is -4.05. The Morgan fingerprint density at radius 1 is 1.07 bits per heavy atom. The minimum absolute atomic E-state index is 0.0132. The van der Waals surface area contributed by atoms with E-state index < -0.39 is 34.4 Å². The second kappa shape index (κ2) is 17.5. The highest BCUT2D eigenvalue weighted by atomic mass is 32.2. The number of carbonyl (C=O) groups excluding carboxylic acids is 1. The van der Waals surface area contributed by atoms with Gasteiger partial charge in [-0.1, -0.05) is 68.4 Å². The summed E-state index contributed by atoms with van der Waals surface area (Å²) in [5, 5.41) is 29.1. The van der Waals surface area contributed by atoms with Crippen molar-refractivity contribution in [3.05, 3.63) is 54.1 Å². The number of aliphatic hydroxyl groups excluding tert-OH is 2. The van der Waals surface area contributed by atoms with Crippen LogP contribution < -0.4 is 10.6 Å². The average Bonchev–Trinajstić information content (AvgIpc) is 3.97. The molecule has 4 unspecified atom stereocenters. The van der Waals surface area contributed by atoms with Crippen LogP contribution in [-0.2, 0) is 25.9 Å². The van der Waals surface area contributed by atoms with Crippen molar-refractivity contribution >= 4 is 42.8 Å². The zero-order valence-corrected chi connectivity index (χ0v) is 33.1. The van der Waals surface area contributed by atoms with Gasteiger partial charge in [0, 0.05) is 63.3 Å². The SMILES string of the molecule is CC(C)CN(C[C@@H](O)[C@H](Cc1ccccc1)NC(=O)OC1C(CO)CC2COCC21)S(=O)(=O)c1ccc2nc(NC3CCN(C4CCCC4)CC3)sc2c1. The molecule has 0 bridgehead atoms. The number of nitrogens with zero attached hydrogens (tertiary/aromatic N) is 3.